The van der Waals surface area contributed by atoms with Crippen molar-refractivity contribution in [3.8, 4) is 0 Å². The number of para-hydroxylation sites is 1. The number of fused-ring (bicyclic) bond motifs is 1. The van der Waals surface area contributed by atoms with E-state index in [4.69, 9.17) is 9.15 Å². The molecule has 3 rings (SSSR count). The summed E-state index contributed by atoms with van der Waals surface area (Å²) in [6.45, 7) is 7.38. The molecular weight excluding hydrogens is 250 g/mol. The number of hydrogen-bond donors (Lipinski definition) is 0. The average molecular weight is 273 g/mol. The van der Waals surface area contributed by atoms with Gasteiger partial charge in [0.1, 0.15) is 11.3 Å². The molecule has 1 unspecified atom stereocenters. The number of furan rings is 1. The summed E-state index contributed by atoms with van der Waals surface area (Å²) in [5.41, 5.74) is 1.00. The molecule has 0 amide bonds. The molecule has 1 saturated heterocycles. The molecule has 0 N–H and O–H groups in total. The number of ether oxygens (including phenoxy) is 1. The largest absolute Gasteiger partial charge is 0.461 e. The standard InChI is InChI=1S/C17H23NO2/c1-14(5-4-8-18-9-11-19-12-10-18)17-13-15-6-2-3-7-16(15)20-17/h2-3,6-7,13-14H,4-5,8-12H2,1H3. The first-order valence-corrected chi connectivity index (χ1v) is 7.61. The molecule has 0 aliphatic carbocycles. The van der Waals surface area contributed by atoms with Gasteiger partial charge in [0, 0.05) is 24.4 Å². The van der Waals surface area contributed by atoms with Crippen LogP contribution in [0.4, 0.5) is 0 Å². The SMILES string of the molecule is CC(CCCN1CCOCC1)c1cc2ccccc2o1. The van der Waals surface area contributed by atoms with Crippen LogP contribution in [0.3, 0.4) is 0 Å². The van der Waals surface area contributed by atoms with Crippen LogP contribution in [0.15, 0.2) is 34.7 Å². The Balaban J connectivity index is 1.52. The van der Waals surface area contributed by atoms with Gasteiger partial charge in [0.2, 0.25) is 0 Å². The molecule has 2 heterocycles. The van der Waals surface area contributed by atoms with Gasteiger partial charge in [-0.2, -0.15) is 0 Å². The molecule has 3 heteroatoms. The number of morpholine rings is 1. The van der Waals surface area contributed by atoms with E-state index < -0.39 is 0 Å². The first-order valence-electron chi connectivity index (χ1n) is 7.61. The van der Waals surface area contributed by atoms with Crippen molar-refractivity contribution in [1.29, 1.82) is 0 Å². The molecule has 3 nitrogen and oxygen atoms in total. The lowest BCUT2D eigenvalue weighted by atomic mass is 10.0. The Bertz CT molecular complexity index is 510. The first-order chi connectivity index (χ1) is 9.83. The maximum atomic E-state index is 5.94. The van der Waals surface area contributed by atoms with Crippen molar-refractivity contribution in [3.63, 3.8) is 0 Å². The average Bonchev–Trinajstić information content (AvgIpc) is 2.92. The molecule has 1 aliphatic heterocycles. The molecule has 1 fully saturated rings. The van der Waals surface area contributed by atoms with Crippen molar-refractivity contribution in [2.75, 3.05) is 32.8 Å². The van der Waals surface area contributed by atoms with Gasteiger partial charge in [-0.05, 0) is 31.5 Å². The molecule has 1 aliphatic rings. The Morgan fingerprint density at radius 1 is 1.20 bits per heavy atom. The van der Waals surface area contributed by atoms with Gasteiger partial charge in [0.15, 0.2) is 0 Å². The summed E-state index contributed by atoms with van der Waals surface area (Å²) in [6.07, 6.45) is 2.40. The highest BCUT2D eigenvalue weighted by Crippen LogP contribution is 2.27. The van der Waals surface area contributed by atoms with Crippen molar-refractivity contribution in [3.05, 3.63) is 36.1 Å². The minimum Gasteiger partial charge on any atom is -0.461 e. The normalized spacial score (nSPS) is 18.4. The van der Waals surface area contributed by atoms with Crippen LogP contribution in [0.25, 0.3) is 11.0 Å². The van der Waals surface area contributed by atoms with Gasteiger partial charge in [-0.3, -0.25) is 4.90 Å². The predicted octanol–water partition coefficient (Wildman–Crippen LogP) is 3.65. The monoisotopic (exact) mass is 273 g/mol. The summed E-state index contributed by atoms with van der Waals surface area (Å²) >= 11 is 0. The smallest absolute Gasteiger partial charge is 0.134 e. The number of hydrogen-bond acceptors (Lipinski definition) is 3. The van der Waals surface area contributed by atoms with E-state index in [0.717, 1.165) is 37.6 Å². The number of rotatable bonds is 5. The van der Waals surface area contributed by atoms with Gasteiger partial charge in [-0.25, -0.2) is 0 Å². The lowest BCUT2D eigenvalue weighted by Crippen LogP contribution is -2.36. The molecule has 0 bridgehead atoms. The summed E-state index contributed by atoms with van der Waals surface area (Å²) < 4.78 is 11.3. The van der Waals surface area contributed by atoms with Gasteiger partial charge in [-0.1, -0.05) is 25.1 Å². The van der Waals surface area contributed by atoms with E-state index in [1.807, 2.05) is 12.1 Å². The fourth-order valence-corrected chi connectivity index (χ4v) is 2.83. The zero-order chi connectivity index (χ0) is 13.8. The third-order valence-corrected chi connectivity index (χ3v) is 4.15. The Kier molecular flexibility index (Phi) is 4.38. The summed E-state index contributed by atoms with van der Waals surface area (Å²) in [5, 5.41) is 1.21. The van der Waals surface area contributed by atoms with Gasteiger partial charge in [0.05, 0.1) is 13.2 Å². The number of nitrogens with zero attached hydrogens (tertiary/aromatic N) is 1. The second-order valence-corrected chi connectivity index (χ2v) is 5.68. The molecule has 2 aromatic rings. The highest BCUT2D eigenvalue weighted by Gasteiger charge is 2.13. The Labute approximate surface area is 120 Å². The molecule has 20 heavy (non-hydrogen) atoms. The second-order valence-electron chi connectivity index (χ2n) is 5.68. The van der Waals surface area contributed by atoms with Gasteiger partial charge in [0.25, 0.3) is 0 Å². The molecular formula is C17H23NO2. The van der Waals surface area contributed by atoms with Crippen LogP contribution in [0, 0.1) is 0 Å². The first kappa shape index (κ1) is 13.7. The summed E-state index contributed by atoms with van der Waals surface area (Å²) in [6, 6.07) is 10.4. The molecule has 1 aromatic carbocycles. The molecule has 1 atom stereocenters. The Hall–Kier alpha value is -1.32. The molecule has 0 spiro atoms. The van der Waals surface area contributed by atoms with Crippen molar-refractivity contribution in [1.82, 2.24) is 4.90 Å². The van der Waals surface area contributed by atoms with Gasteiger partial charge in [-0.15, -0.1) is 0 Å². The fraction of sp³-hybridized carbons (Fsp3) is 0.529. The number of benzene rings is 1. The molecule has 0 radical (unpaired) electrons. The predicted molar refractivity (Wildman–Crippen MR) is 81.1 cm³/mol. The third kappa shape index (κ3) is 3.22. The summed E-state index contributed by atoms with van der Waals surface area (Å²) in [4.78, 5) is 2.49. The van der Waals surface area contributed by atoms with Crippen molar-refractivity contribution in [2.45, 2.75) is 25.7 Å². The molecule has 0 saturated carbocycles. The molecule has 1 aromatic heterocycles. The van der Waals surface area contributed by atoms with Crippen molar-refractivity contribution >= 4 is 11.0 Å². The minimum atomic E-state index is 0.489. The third-order valence-electron chi connectivity index (χ3n) is 4.15. The van der Waals surface area contributed by atoms with E-state index in [2.05, 4.69) is 30.0 Å². The van der Waals surface area contributed by atoms with E-state index >= 15 is 0 Å². The maximum absolute atomic E-state index is 5.94. The van der Waals surface area contributed by atoms with Gasteiger partial charge >= 0.3 is 0 Å². The lowest BCUT2D eigenvalue weighted by molar-refractivity contribution is 0.0370. The van der Waals surface area contributed by atoms with Crippen LogP contribution < -0.4 is 0 Å². The second kappa shape index (κ2) is 6.42. The lowest BCUT2D eigenvalue weighted by Gasteiger charge is -2.26. The summed E-state index contributed by atoms with van der Waals surface area (Å²) in [5.74, 6) is 1.61. The van der Waals surface area contributed by atoms with Crippen LogP contribution >= 0.6 is 0 Å². The maximum Gasteiger partial charge on any atom is 0.134 e. The van der Waals surface area contributed by atoms with Crippen LogP contribution in [-0.2, 0) is 4.74 Å². The highest BCUT2D eigenvalue weighted by atomic mass is 16.5. The highest BCUT2D eigenvalue weighted by molar-refractivity contribution is 5.77. The fourth-order valence-electron chi connectivity index (χ4n) is 2.83. The van der Waals surface area contributed by atoms with Crippen molar-refractivity contribution in [2.24, 2.45) is 0 Å². The van der Waals surface area contributed by atoms with Crippen LogP contribution in [0.2, 0.25) is 0 Å². The van der Waals surface area contributed by atoms with E-state index in [0.29, 0.717) is 5.92 Å². The summed E-state index contributed by atoms with van der Waals surface area (Å²) in [7, 11) is 0. The topological polar surface area (TPSA) is 25.6 Å². The van der Waals surface area contributed by atoms with Crippen molar-refractivity contribution < 1.29 is 9.15 Å². The van der Waals surface area contributed by atoms with Crippen LogP contribution in [0.5, 0.6) is 0 Å². The van der Waals surface area contributed by atoms with Gasteiger partial charge < -0.3 is 9.15 Å². The van der Waals surface area contributed by atoms with Crippen LogP contribution in [-0.4, -0.2) is 37.7 Å². The van der Waals surface area contributed by atoms with E-state index in [1.165, 1.54) is 24.8 Å². The van der Waals surface area contributed by atoms with E-state index in [9.17, 15) is 0 Å². The Morgan fingerprint density at radius 2 is 2.00 bits per heavy atom. The Morgan fingerprint density at radius 3 is 2.80 bits per heavy atom. The molecule has 108 valence electrons. The zero-order valence-electron chi connectivity index (χ0n) is 12.2. The van der Waals surface area contributed by atoms with E-state index in [1.54, 1.807) is 0 Å². The quantitative estimate of drug-likeness (QED) is 0.831. The minimum absolute atomic E-state index is 0.489. The van der Waals surface area contributed by atoms with Crippen LogP contribution in [0.1, 0.15) is 31.4 Å². The zero-order valence-corrected chi connectivity index (χ0v) is 12.2. The van der Waals surface area contributed by atoms with E-state index in [-0.39, 0.29) is 0 Å².